The molecule has 1 spiro atoms. The number of hydrogen-bond acceptors (Lipinski definition) is 6. The number of phenolic OH excluding ortho intramolecular Hbond substituents is 2. The van der Waals surface area contributed by atoms with Crippen LogP contribution in [0.1, 0.15) is 41.6 Å². The Morgan fingerprint density at radius 1 is 0.833 bits per heavy atom. The molecule has 2 aliphatic rings. The maximum Gasteiger partial charge on any atom is 0.195 e. The Morgan fingerprint density at radius 2 is 1.50 bits per heavy atom. The molecular weight excluding hydrogens is 468 g/mol. The van der Waals surface area contributed by atoms with Gasteiger partial charge in [0.1, 0.15) is 11.5 Å². The second kappa shape index (κ2) is 9.26. The molecule has 2 fully saturated rings. The Morgan fingerprint density at radius 3 is 2.19 bits per heavy atom. The highest BCUT2D eigenvalue weighted by molar-refractivity contribution is 7.22. The second-order valence-corrected chi connectivity index (χ2v) is 11.2. The monoisotopic (exact) mass is 498 g/mol. The van der Waals surface area contributed by atoms with Crippen molar-refractivity contribution in [3.05, 3.63) is 77.9 Å². The van der Waals surface area contributed by atoms with Crippen LogP contribution in [0.2, 0.25) is 0 Å². The smallest absolute Gasteiger partial charge is 0.195 e. The molecule has 184 valence electrons. The van der Waals surface area contributed by atoms with Gasteiger partial charge in [0, 0.05) is 44.9 Å². The highest BCUT2D eigenvalue weighted by atomic mass is 32.1. The summed E-state index contributed by atoms with van der Waals surface area (Å²) >= 11 is 1.48. The van der Waals surface area contributed by atoms with Crippen LogP contribution in [0.5, 0.6) is 11.5 Å². The van der Waals surface area contributed by atoms with Crippen molar-refractivity contribution in [3.8, 4) is 21.9 Å². The van der Waals surface area contributed by atoms with E-state index in [-0.39, 0.29) is 17.3 Å². The molecule has 3 heterocycles. The fourth-order valence-corrected chi connectivity index (χ4v) is 7.03. The summed E-state index contributed by atoms with van der Waals surface area (Å²) < 4.78 is 0.859. The van der Waals surface area contributed by atoms with Crippen LogP contribution in [0.25, 0.3) is 20.5 Å². The van der Waals surface area contributed by atoms with Crippen LogP contribution >= 0.6 is 11.3 Å². The third kappa shape index (κ3) is 4.25. The van der Waals surface area contributed by atoms with E-state index in [1.54, 1.807) is 24.3 Å². The van der Waals surface area contributed by atoms with Crippen LogP contribution < -0.4 is 10.2 Å². The van der Waals surface area contributed by atoms with Gasteiger partial charge in [0.2, 0.25) is 0 Å². The van der Waals surface area contributed by atoms with Crippen LogP contribution in [-0.4, -0.2) is 42.2 Å². The largest absolute Gasteiger partial charge is 0.508 e. The Hall–Kier alpha value is -3.35. The number of aromatic hydroxyl groups is 2. The fraction of sp³-hybridized carbons (Fsp3) is 0.300. The van der Waals surface area contributed by atoms with Crippen molar-refractivity contribution in [2.75, 3.05) is 31.1 Å². The first-order valence-electron chi connectivity index (χ1n) is 12.7. The number of nitrogens with zero attached hydrogens (tertiary/aromatic N) is 1. The molecule has 0 aliphatic carbocycles. The summed E-state index contributed by atoms with van der Waals surface area (Å²) in [6.45, 7) is 4.41. The Balaban J connectivity index is 1.28. The third-order valence-corrected chi connectivity index (χ3v) is 9.21. The summed E-state index contributed by atoms with van der Waals surface area (Å²) in [6, 6.07) is 20.1. The van der Waals surface area contributed by atoms with Crippen molar-refractivity contribution in [3.63, 3.8) is 0 Å². The van der Waals surface area contributed by atoms with Gasteiger partial charge in [-0.3, -0.25) is 4.79 Å². The van der Waals surface area contributed by atoms with E-state index in [0.29, 0.717) is 16.5 Å². The van der Waals surface area contributed by atoms with E-state index in [9.17, 15) is 15.0 Å². The molecule has 0 atom stereocenters. The van der Waals surface area contributed by atoms with E-state index in [2.05, 4.69) is 22.3 Å². The Labute approximate surface area is 215 Å². The summed E-state index contributed by atoms with van der Waals surface area (Å²) in [4.78, 5) is 17.1. The van der Waals surface area contributed by atoms with E-state index in [1.165, 1.54) is 42.7 Å². The lowest BCUT2D eigenvalue weighted by Gasteiger charge is -2.45. The minimum absolute atomic E-state index is 0.0335. The Kier molecular flexibility index (Phi) is 5.94. The SMILES string of the molecule is O=C(c1ccc(N2CCC3(CCNCC3)CC2)cc1)c1c(-c2ccc(O)cc2)sc2cc(O)ccc12. The topological polar surface area (TPSA) is 72.8 Å². The van der Waals surface area contributed by atoms with Crippen LogP contribution in [0, 0.1) is 5.41 Å². The standard InChI is InChI=1S/C30H30N2O3S/c33-23-7-3-21(4-8-23)29-27(25-10-9-24(34)19-26(25)36-29)28(35)20-1-5-22(6-2-20)32-17-13-30(14-18-32)11-15-31-16-12-30/h1-10,19,31,33-34H,11-18H2. The third-order valence-electron chi connectivity index (χ3n) is 8.01. The summed E-state index contributed by atoms with van der Waals surface area (Å²) in [5.41, 5.74) is 3.84. The molecule has 6 heteroatoms. The van der Waals surface area contributed by atoms with Crippen LogP contribution in [0.3, 0.4) is 0 Å². The average molecular weight is 499 g/mol. The number of rotatable bonds is 4. The Bertz CT molecular complexity index is 1390. The molecule has 4 aromatic rings. The number of phenols is 2. The van der Waals surface area contributed by atoms with E-state index < -0.39 is 0 Å². The van der Waals surface area contributed by atoms with Gasteiger partial charge in [0.05, 0.1) is 0 Å². The van der Waals surface area contributed by atoms with Gasteiger partial charge in [-0.15, -0.1) is 11.3 Å². The summed E-state index contributed by atoms with van der Waals surface area (Å²) in [5.74, 6) is 0.329. The first-order chi connectivity index (χ1) is 17.5. The zero-order valence-corrected chi connectivity index (χ0v) is 21.0. The minimum atomic E-state index is -0.0335. The number of hydrogen-bond donors (Lipinski definition) is 3. The molecule has 3 aromatic carbocycles. The molecule has 1 aromatic heterocycles. The lowest BCUT2D eigenvalue weighted by atomic mass is 9.71. The van der Waals surface area contributed by atoms with E-state index in [4.69, 9.17) is 0 Å². The summed E-state index contributed by atoms with van der Waals surface area (Å²) in [6.07, 6.45) is 5.03. The van der Waals surface area contributed by atoms with E-state index >= 15 is 0 Å². The second-order valence-electron chi connectivity index (χ2n) is 10.1. The first-order valence-corrected chi connectivity index (χ1v) is 13.5. The van der Waals surface area contributed by atoms with Gasteiger partial charge < -0.3 is 20.4 Å². The molecular formula is C30H30N2O3S. The number of anilines is 1. The average Bonchev–Trinajstić information content (AvgIpc) is 3.28. The number of thiophene rings is 1. The minimum Gasteiger partial charge on any atom is -0.508 e. The number of benzene rings is 3. The van der Waals surface area contributed by atoms with Crippen LogP contribution in [0.15, 0.2) is 66.7 Å². The van der Waals surface area contributed by atoms with Gasteiger partial charge in [0.25, 0.3) is 0 Å². The van der Waals surface area contributed by atoms with Gasteiger partial charge >= 0.3 is 0 Å². The van der Waals surface area contributed by atoms with Crippen LogP contribution in [-0.2, 0) is 0 Å². The molecule has 2 saturated heterocycles. The number of piperidine rings is 2. The van der Waals surface area contributed by atoms with Crippen molar-refractivity contribution < 1.29 is 15.0 Å². The maximum absolute atomic E-state index is 13.8. The molecule has 6 rings (SSSR count). The number of carbonyl (C=O) groups excluding carboxylic acids is 1. The molecule has 0 bridgehead atoms. The van der Waals surface area contributed by atoms with Crippen LogP contribution in [0.4, 0.5) is 5.69 Å². The quantitative estimate of drug-likeness (QED) is 0.293. The predicted molar refractivity (Wildman–Crippen MR) is 146 cm³/mol. The van der Waals surface area contributed by atoms with Gasteiger partial charge in [-0.25, -0.2) is 0 Å². The number of fused-ring (bicyclic) bond motifs is 1. The van der Waals surface area contributed by atoms with Crippen molar-refractivity contribution in [2.24, 2.45) is 5.41 Å². The van der Waals surface area contributed by atoms with E-state index in [1.807, 2.05) is 30.3 Å². The lowest BCUT2D eigenvalue weighted by Crippen LogP contribution is -2.45. The zero-order valence-electron chi connectivity index (χ0n) is 20.2. The normalized spacial score (nSPS) is 17.5. The van der Waals surface area contributed by atoms with Gasteiger partial charge in [-0.05, 0) is 116 Å². The predicted octanol–water partition coefficient (Wildman–Crippen LogP) is 6.18. The van der Waals surface area contributed by atoms with Gasteiger partial charge in [-0.2, -0.15) is 0 Å². The lowest BCUT2D eigenvalue weighted by molar-refractivity contribution is 0.104. The van der Waals surface area contributed by atoms with Crippen molar-refractivity contribution >= 4 is 32.9 Å². The number of carbonyl (C=O) groups is 1. The van der Waals surface area contributed by atoms with Crippen molar-refractivity contribution in [2.45, 2.75) is 25.7 Å². The number of ketones is 1. The summed E-state index contributed by atoms with van der Waals surface area (Å²) in [7, 11) is 0. The molecule has 2 aliphatic heterocycles. The molecule has 5 nitrogen and oxygen atoms in total. The maximum atomic E-state index is 13.8. The van der Waals surface area contributed by atoms with Crippen molar-refractivity contribution in [1.29, 1.82) is 0 Å². The molecule has 0 unspecified atom stereocenters. The fourth-order valence-electron chi connectivity index (χ4n) is 5.79. The highest BCUT2D eigenvalue weighted by Gasteiger charge is 2.35. The molecule has 0 radical (unpaired) electrons. The molecule has 3 N–H and O–H groups in total. The van der Waals surface area contributed by atoms with Gasteiger partial charge in [0.15, 0.2) is 5.78 Å². The number of nitrogens with one attached hydrogen (secondary N) is 1. The van der Waals surface area contributed by atoms with Gasteiger partial charge in [-0.1, -0.05) is 0 Å². The highest BCUT2D eigenvalue weighted by Crippen LogP contribution is 2.42. The molecule has 0 saturated carbocycles. The molecule has 36 heavy (non-hydrogen) atoms. The zero-order chi connectivity index (χ0) is 24.7. The summed E-state index contributed by atoms with van der Waals surface area (Å²) in [5, 5.41) is 24.1. The first kappa shape index (κ1) is 23.1. The van der Waals surface area contributed by atoms with E-state index in [0.717, 1.165) is 46.7 Å². The molecule has 0 amide bonds. The van der Waals surface area contributed by atoms with Crippen molar-refractivity contribution in [1.82, 2.24) is 5.32 Å².